The van der Waals surface area contributed by atoms with Crippen molar-refractivity contribution in [3.05, 3.63) is 12.0 Å². The minimum atomic E-state index is -0.539. The van der Waals surface area contributed by atoms with Crippen LogP contribution in [0.5, 0.6) is 0 Å². The highest BCUT2D eigenvalue weighted by atomic mass is 19.1. The van der Waals surface area contributed by atoms with Crippen molar-refractivity contribution in [2.45, 2.75) is 6.92 Å². The van der Waals surface area contributed by atoms with E-state index >= 15 is 0 Å². The predicted molar refractivity (Wildman–Crippen MR) is 70.8 cm³/mol. The number of rotatable bonds is 2. The largest absolute Gasteiger partial charge is 0.362 e. The maximum atomic E-state index is 13.5. The summed E-state index contributed by atoms with van der Waals surface area (Å²) in [6, 6.07) is 1.30. The van der Waals surface area contributed by atoms with Crippen molar-refractivity contribution in [1.29, 1.82) is 0 Å². The van der Waals surface area contributed by atoms with Gasteiger partial charge in [-0.05, 0) is 0 Å². The van der Waals surface area contributed by atoms with Crippen LogP contribution in [0.4, 0.5) is 16.2 Å². The molecule has 0 spiro atoms. The van der Waals surface area contributed by atoms with Crippen molar-refractivity contribution in [1.82, 2.24) is 14.9 Å². The minimum Gasteiger partial charge on any atom is -0.362 e. The molecule has 0 saturated carbocycles. The fourth-order valence-electron chi connectivity index (χ4n) is 1.99. The van der Waals surface area contributed by atoms with Gasteiger partial charge in [0.05, 0.1) is 0 Å². The lowest BCUT2D eigenvalue weighted by atomic mass is 10.3. The molecule has 1 fully saturated rings. The SMILES string of the molecule is CC(=O)N1CCN(c2nc(F)cc(N(C)C)n2)CC1. The Bertz CT molecular complexity index is 471. The average molecular weight is 267 g/mol. The lowest BCUT2D eigenvalue weighted by Crippen LogP contribution is -2.48. The number of carbonyl (C=O) groups excluding carboxylic acids is 1. The van der Waals surface area contributed by atoms with E-state index in [9.17, 15) is 9.18 Å². The van der Waals surface area contributed by atoms with Crippen molar-refractivity contribution in [3.63, 3.8) is 0 Å². The number of anilines is 2. The first-order chi connectivity index (χ1) is 8.97. The standard InChI is InChI=1S/C12H18FN5O/c1-9(19)17-4-6-18(7-5-17)12-14-10(13)8-11(15-12)16(2)3/h8H,4-7H2,1-3H3. The first-order valence-corrected chi connectivity index (χ1v) is 6.20. The van der Waals surface area contributed by atoms with E-state index in [2.05, 4.69) is 9.97 Å². The summed E-state index contributed by atoms with van der Waals surface area (Å²) in [6.45, 7) is 4.03. The van der Waals surface area contributed by atoms with Gasteiger partial charge in [0, 0.05) is 53.3 Å². The second kappa shape index (κ2) is 5.38. The van der Waals surface area contributed by atoms with Crippen molar-refractivity contribution in [2.75, 3.05) is 50.1 Å². The Morgan fingerprint density at radius 2 is 1.89 bits per heavy atom. The Morgan fingerprint density at radius 3 is 2.42 bits per heavy atom. The van der Waals surface area contributed by atoms with Crippen molar-refractivity contribution >= 4 is 17.7 Å². The maximum absolute atomic E-state index is 13.5. The fourth-order valence-corrected chi connectivity index (χ4v) is 1.99. The Balaban J connectivity index is 2.13. The Hall–Kier alpha value is -1.92. The summed E-state index contributed by atoms with van der Waals surface area (Å²) in [5.74, 6) is 0.444. The van der Waals surface area contributed by atoms with E-state index in [1.807, 2.05) is 4.90 Å². The van der Waals surface area contributed by atoms with Gasteiger partial charge in [0.2, 0.25) is 17.8 Å². The van der Waals surface area contributed by atoms with Gasteiger partial charge in [-0.2, -0.15) is 14.4 Å². The summed E-state index contributed by atoms with van der Waals surface area (Å²) in [4.78, 5) is 24.8. The topological polar surface area (TPSA) is 52.6 Å². The number of halogens is 1. The Kier molecular flexibility index (Phi) is 3.82. The summed E-state index contributed by atoms with van der Waals surface area (Å²) in [5, 5.41) is 0. The molecule has 0 radical (unpaired) electrons. The number of hydrogen-bond donors (Lipinski definition) is 0. The van der Waals surface area contributed by atoms with Crippen molar-refractivity contribution in [2.24, 2.45) is 0 Å². The zero-order valence-corrected chi connectivity index (χ0v) is 11.4. The van der Waals surface area contributed by atoms with Crippen LogP contribution in [0.2, 0.25) is 0 Å². The molecule has 6 nitrogen and oxygen atoms in total. The van der Waals surface area contributed by atoms with E-state index in [0.717, 1.165) is 0 Å². The number of amides is 1. The highest BCUT2D eigenvalue weighted by Gasteiger charge is 2.21. The second-order valence-corrected chi connectivity index (χ2v) is 4.74. The summed E-state index contributed by atoms with van der Waals surface area (Å²) in [5.41, 5.74) is 0. The molecule has 0 aromatic carbocycles. The van der Waals surface area contributed by atoms with E-state index in [1.165, 1.54) is 6.07 Å². The Morgan fingerprint density at radius 1 is 1.26 bits per heavy atom. The van der Waals surface area contributed by atoms with Crippen LogP contribution >= 0.6 is 0 Å². The van der Waals surface area contributed by atoms with Crippen LogP contribution < -0.4 is 9.80 Å². The third-order valence-corrected chi connectivity index (χ3v) is 3.14. The minimum absolute atomic E-state index is 0.0637. The highest BCUT2D eigenvalue weighted by molar-refractivity contribution is 5.73. The van der Waals surface area contributed by atoms with E-state index < -0.39 is 5.95 Å². The van der Waals surface area contributed by atoms with Crippen LogP contribution in [0, 0.1) is 5.95 Å². The van der Waals surface area contributed by atoms with E-state index in [-0.39, 0.29) is 5.91 Å². The summed E-state index contributed by atoms with van der Waals surface area (Å²) >= 11 is 0. The monoisotopic (exact) mass is 267 g/mol. The first kappa shape index (κ1) is 13.5. The molecule has 0 unspecified atom stereocenters. The molecule has 2 heterocycles. The second-order valence-electron chi connectivity index (χ2n) is 4.74. The zero-order chi connectivity index (χ0) is 14.0. The lowest BCUT2D eigenvalue weighted by Gasteiger charge is -2.34. The molecule has 19 heavy (non-hydrogen) atoms. The first-order valence-electron chi connectivity index (χ1n) is 6.20. The lowest BCUT2D eigenvalue weighted by molar-refractivity contribution is -0.129. The number of aromatic nitrogens is 2. The van der Waals surface area contributed by atoms with Gasteiger partial charge < -0.3 is 14.7 Å². The summed E-state index contributed by atoms with van der Waals surface area (Å²) < 4.78 is 13.5. The smallest absolute Gasteiger partial charge is 0.230 e. The van der Waals surface area contributed by atoms with Gasteiger partial charge in [-0.15, -0.1) is 0 Å². The van der Waals surface area contributed by atoms with Gasteiger partial charge in [-0.3, -0.25) is 4.79 Å². The van der Waals surface area contributed by atoms with Crippen molar-refractivity contribution < 1.29 is 9.18 Å². The molecule has 0 bridgehead atoms. The van der Waals surface area contributed by atoms with E-state index in [0.29, 0.717) is 37.9 Å². The highest BCUT2D eigenvalue weighted by Crippen LogP contribution is 2.16. The average Bonchev–Trinajstić information content (AvgIpc) is 2.38. The number of carbonyl (C=O) groups is 1. The van der Waals surface area contributed by atoms with E-state index in [4.69, 9.17) is 0 Å². The molecule has 0 aliphatic carbocycles. The molecule has 1 aliphatic heterocycles. The molecule has 104 valence electrons. The quantitative estimate of drug-likeness (QED) is 0.724. The number of nitrogens with zero attached hydrogens (tertiary/aromatic N) is 5. The molecule has 1 aromatic rings. The molecule has 1 aromatic heterocycles. The molecule has 2 rings (SSSR count). The van der Waals surface area contributed by atoms with E-state index in [1.54, 1.807) is 30.8 Å². The Labute approximate surface area is 111 Å². The third kappa shape index (κ3) is 3.10. The van der Waals surface area contributed by atoms with Gasteiger partial charge in [-0.25, -0.2) is 0 Å². The molecule has 0 atom stereocenters. The molecular weight excluding hydrogens is 249 g/mol. The van der Waals surface area contributed by atoms with Gasteiger partial charge >= 0.3 is 0 Å². The number of hydrogen-bond acceptors (Lipinski definition) is 5. The predicted octanol–water partition coefficient (Wildman–Crippen LogP) is 0.350. The van der Waals surface area contributed by atoms with Crippen LogP contribution in [-0.4, -0.2) is 61.0 Å². The molecule has 1 aliphatic rings. The molecule has 0 N–H and O–H groups in total. The van der Waals surface area contributed by atoms with Crippen LogP contribution in [0.1, 0.15) is 6.92 Å². The summed E-state index contributed by atoms with van der Waals surface area (Å²) in [6.07, 6.45) is 0. The normalized spacial score (nSPS) is 15.6. The molecule has 7 heteroatoms. The maximum Gasteiger partial charge on any atom is 0.230 e. The summed E-state index contributed by atoms with van der Waals surface area (Å²) in [7, 11) is 3.61. The molecular formula is C12H18FN5O. The van der Waals surface area contributed by atoms with Gasteiger partial charge in [0.25, 0.3) is 0 Å². The fraction of sp³-hybridized carbons (Fsp3) is 0.583. The van der Waals surface area contributed by atoms with Crippen molar-refractivity contribution in [3.8, 4) is 0 Å². The van der Waals surface area contributed by atoms with Gasteiger partial charge in [0.15, 0.2) is 0 Å². The van der Waals surface area contributed by atoms with Crippen LogP contribution in [0.25, 0.3) is 0 Å². The van der Waals surface area contributed by atoms with Crippen LogP contribution in [0.3, 0.4) is 0 Å². The van der Waals surface area contributed by atoms with Gasteiger partial charge in [-0.1, -0.05) is 0 Å². The van der Waals surface area contributed by atoms with Crippen LogP contribution in [0.15, 0.2) is 6.07 Å². The molecule has 1 amide bonds. The third-order valence-electron chi connectivity index (χ3n) is 3.14. The molecule has 1 saturated heterocycles. The zero-order valence-electron chi connectivity index (χ0n) is 11.4. The van der Waals surface area contributed by atoms with Crippen LogP contribution in [-0.2, 0) is 4.79 Å². The number of piperazine rings is 1. The van der Waals surface area contributed by atoms with Gasteiger partial charge in [0.1, 0.15) is 5.82 Å².